The first-order valence-electron chi connectivity index (χ1n) is 10.8. The fourth-order valence-electron chi connectivity index (χ4n) is 4.21. The Labute approximate surface area is 184 Å². The van der Waals surface area contributed by atoms with E-state index in [1.807, 2.05) is 41.3 Å². The van der Waals surface area contributed by atoms with Gasteiger partial charge in [0.25, 0.3) is 0 Å². The number of hydrogen-bond donors (Lipinski definition) is 1. The number of rotatable bonds is 8. The molecule has 0 radical (unpaired) electrons. The van der Waals surface area contributed by atoms with Crippen LogP contribution in [0, 0.1) is 0 Å². The van der Waals surface area contributed by atoms with Crippen molar-refractivity contribution in [1.29, 1.82) is 0 Å². The van der Waals surface area contributed by atoms with E-state index in [9.17, 15) is 9.59 Å². The molecule has 3 rings (SSSR count). The van der Waals surface area contributed by atoms with Crippen LogP contribution >= 0.6 is 0 Å². The van der Waals surface area contributed by atoms with Gasteiger partial charge < -0.3 is 14.7 Å². The Balaban J connectivity index is 1.55. The third kappa shape index (κ3) is 5.93. The number of nitrogens with zero attached hydrogens (tertiary/aromatic N) is 2. The highest BCUT2D eigenvalue weighted by Gasteiger charge is 2.31. The van der Waals surface area contributed by atoms with Gasteiger partial charge in [-0.2, -0.15) is 0 Å². The summed E-state index contributed by atoms with van der Waals surface area (Å²) in [5.41, 5.74) is 2.75. The van der Waals surface area contributed by atoms with E-state index in [1.54, 1.807) is 19.2 Å². The van der Waals surface area contributed by atoms with Gasteiger partial charge in [0.2, 0.25) is 5.91 Å². The van der Waals surface area contributed by atoms with Crippen molar-refractivity contribution in [2.45, 2.75) is 45.3 Å². The van der Waals surface area contributed by atoms with Crippen molar-refractivity contribution in [1.82, 2.24) is 9.80 Å². The number of hydrogen-bond acceptors (Lipinski definition) is 5. The highest BCUT2D eigenvalue weighted by molar-refractivity contribution is 5.96. The van der Waals surface area contributed by atoms with Gasteiger partial charge in [-0.1, -0.05) is 36.4 Å². The molecule has 0 aromatic heterocycles. The van der Waals surface area contributed by atoms with Crippen molar-refractivity contribution in [2.24, 2.45) is 0 Å². The number of aliphatic hydroxyl groups is 1. The molecular weight excluding hydrogens is 392 g/mol. The lowest BCUT2D eigenvalue weighted by molar-refractivity contribution is -0.135. The van der Waals surface area contributed by atoms with Crippen LogP contribution in [0.2, 0.25) is 0 Å². The topological polar surface area (TPSA) is 70.1 Å². The standard InChI is InChI=1S/C25H32N2O4/c1-18-14-26(25(30)12-9-20-5-4-6-23(13-20)31-3)15-19(2)27(18)16-21-7-10-22(11-8-21)24(29)17-28/h4-8,10-11,13,18-19,28H,9,12,14-17H2,1-3H3/t18-,19+. The second kappa shape index (κ2) is 10.6. The predicted octanol–water partition coefficient (Wildman–Crippen LogP) is 2.92. The average Bonchev–Trinajstić information content (AvgIpc) is 2.79. The van der Waals surface area contributed by atoms with Gasteiger partial charge in [0.15, 0.2) is 5.78 Å². The number of piperazine rings is 1. The number of carbonyl (C=O) groups is 2. The molecule has 1 saturated heterocycles. The Kier molecular flexibility index (Phi) is 7.82. The van der Waals surface area contributed by atoms with Crippen molar-refractivity contribution >= 4 is 11.7 Å². The van der Waals surface area contributed by atoms with Crippen molar-refractivity contribution in [3.05, 3.63) is 65.2 Å². The summed E-state index contributed by atoms with van der Waals surface area (Å²) in [6.45, 7) is 6.02. The zero-order chi connectivity index (χ0) is 22.4. The number of amides is 1. The lowest BCUT2D eigenvalue weighted by atomic mass is 10.0. The zero-order valence-electron chi connectivity index (χ0n) is 18.6. The summed E-state index contributed by atoms with van der Waals surface area (Å²) in [7, 11) is 1.65. The summed E-state index contributed by atoms with van der Waals surface area (Å²) in [6, 6.07) is 15.8. The van der Waals surface area contributed by atoms with Crippen LogP contribution in [-0.2, 0) is 17.8 Å². The molecule has 2 aromatic carbocycles. The van der Waals surface area contributed by atoms with E-state index < -0.39 is 6.61 Å². The monoisotopic (exact) mass is 424 g/mol. The molecule has 1 heterocycles. The summed E-state index contributed by atoms with van der Waals surface area (Å²) < 4.78 is 5.26. The number of aryl methyl sites for hydroxylation is 1. The first-order chi connectivity index (χ1) is 14.9. The SMILES string of the molecule is COc1cccc(CCC(=O)N2C[C@@H](C)N(Cc3ccc(C(=O)CO)cc3)[C@@H](C)C2)c1. The number of methoxy groups -OCH3 is 1. The number of aliphatic hydroxyl groups excluding tert-OH is 1. The highest BCUT2D eigenvalue weighted by Crippen LogP contribution is 2.21. The van der Waals surface area contributed by atoms with Crippen LogP contribution in [-0.4, -0.2) is 65.5 Å². The van der Waals surface area contributed by atoms with Crippen LogP contribution < -0.4 is 4.74 Å². The van der Waals surface area contributed by atoms with E-state index in [4.69, 9.17) is 9.84 Å². The average molecular weight is 425 g/mol. The third-order valence-corrected chi connectivity index (χ3v) is 6.00. The molecule has 0 spiro atoms. The lowest BCUT2D eigenvalue weighted by Crippen LogP contribution is -2.57. The molecule has 166 valence electrons. The maximum absolute atomic E-state index is 12.8. The molecule has 1 amide bonds. The second-order valence-electron chi connectivity index (χ2n) is 8.30. The van der Waals surface area contributed by atoms with Crippen LogP contribution in [0.4, 0.5) is 0 Å². The largest absolute Gasteiger partial charge is 0.497 e. The molecule has 1 N–H and O–H groups in total. The van der Waals surface area contributed by atoms with Crippen molar-refractivity contribution in [2.75, 3.05) is 26.8 Å². The summed E-state index contributed by atoms with van der Waals surface area (Å²) in [5.74, 6) is 0.733. The fraction of sp³-hybridized carbons (Fsp3) is 0.440. The molecule has 0 saturated carbocycles. The first-order valence-corrected chi connectivity index (χ1v) is 10.8. The molecule has 0 bridgehead atoms. The van der Waals surface area contributed by atoms with Crippen LogP contribution in [0.15, 0.2) is 48.5 Å². The van der Waals surface area contributed by atoms with Crippen LogP contribution in [0.25, 0.3) is 0 Å². The van der Waals surface area contributed by atoms with Crippen molar-refractivity contribution < 1.29 is 19.4 Å². The van der Waals surface area contributed by atoms with Gasteiger partial charge in [-0.25, -0.2) is 0 Å². The molecular formula is C25H32N2O4. The second-order valence-corrected chi connectivity index (χ2v) is 8.30. The fourth-order valence-corrected chi connectivity index (χ4v) is 4.21. The summed E-state index contributed by atoms with van der Waals surface area (Å²) in [4.78, 5) is 28.8. The highest BCUT2D eigenvalue weighted by atomic mass is 16.5. The molecule has 1 aliphatic heterocycles. The number of ketones is 1. The van der Waals surface area contributed by atoms with Crippen LogP contribution in [0.1, 0.15) is 41.8 Å². The Bertz CT molecular complexity index is 885. The maximum Gasteiger partial charge on any atom is 0.223 e. The zero-order valence-corrected chi connectivity index (χ0v) is 18.6. The minimum atomic E-state index is -0.471. The Morgan fingerprint density at radius 3 is 2.32 bits per heavy atom. The Morgan fingerprint density at radius 2 is 1.71 bits per heavy atom. The number of carbonyl (C=O) groups excluding carboxylic acids is 2. The maximum atomic E-state index is 12.8. The molecule has 2 aromatic rings. The van der Waals surface area contributed by atoms with Crippen LogP contribution in [0.3, 0.4) is 0 Å². The van der Waals surface area contributed by atoms with Crippen LogP contribution in [0.5, 0.6) is 5.75 Å². The van der Waals surface area contributed by atoms with E-state index in [-0.39, 0.29) is 23.8 Å². The van der Waals surface area contributed by atoms with E-state index >= 15 is 0 Å². The van der Waals surface area contributed by atoms with Gasteiger partial charge in [-0.3, -0.25) is 14.5 Å². The lowest BCUT2D eigenvalue weighted by Gasteiger charge is -2.44. The van der Waals surface area contributed by atoms with Gasteiger partial charge in [0.1, 0.15) is 12.4 Å². The molecule has 0 unspecified atom stereocenters. The predicted molar refractivity (Wildman–Crippen MR) is 120 cm³/mol. The Hall–Kier alpha value is -2.70. The van der Waals surface area contributed by atoms with Crippen molar-refractivity contribution in [3.8, 4) is 5.75 Å². The normalized spacial score (nSPS) is 19.3. The Morgan fingerprint density at radius 1 is 1.03 bits per heavy atom. The van der Waals surface area contributed by atoms with E-state index in [1.165, 1.54) is 0 Å². The van der Waals surface area contributed by atoms with Gasteiger partial charge in [0, 0.05) is 43.7 Å². The minimum absolute atomic E-state index is 0.188. The van der Waals surface area contributed by atoms with E-state index in [0.717, 1.165) is 23.4 Å². The number of benzene rings is 2. The number of ether oxygens (including phenoxy) is 1. The number of Topliss-reactive ketones (excluding diaryl/α,β-unsaturated/α-hetero) is 1. The molecule has 0 aliphatic carbocycles. The summed E-state index contributed by atoms with van der Waals surface area (Å²) >= 11 is 0. The quantitative estimate of drug-likeness (QED) is 0.660. The first kappa shape index (κ1) is 23.0. The molecule has 2 atom stereocenters. The molecule has 6 heteroatoms. The summed E-state index contributed by atoms with van der Waals surface area (Å²) in [5, 5.41) is 8.99. The van der Waals surface area contributed by atoms with Gasteiger partial charge >= 0.3 is 0 Å². The third-order valence-electron chi connectivity index (χ3n) is 6.00. The van der Waals surface area contributed by atoms with Gasteiger partial charge in [0.05, 0.1) is 7.11 Å². The summed E-state index contributed by atoms with van der Waals surface area (Å²) in [6.07, 6.45) is 1.20. The van der Waals surface area contributed by atoms with E-state index in [0.29, 0.717) is 31.5 Å². The van der Waals surface area contributed by atoms with Gasteiger partial charge in [-0.05, 0) is 43.5 Å². The molecule has 1 fully saturated rings. The van der Waals surface area contributed by atoms with Gasteiger partial charge in [-0.15, -0.1) is 0 Å². The smallest absolute Gasteiger partial charge is 0.223 e. The minimum Gasteiger partial charge on any atom is -0.497 e. The molecule has 1 aliphatic rings. The molecule has 31 heavy (non-hydrogen) atoms. The molecule has 6 nitrogen and oxygen atoms in total. The van der Waals surface area contributed by atoms with E-state index in [2.05, 4.69) is 18.7 Å². The van der Waals surface area contributed by atoms with Crippen molar-refractivity contribution in [3.63, 3.8) is 0 Å².